The van der Waals surface area contributed by atoms with E-state index in [1.165, 1.54) is 6.66 Å². The zero-order valence-corrected chi connectivity index (χ0v) is 21.6. The van der Waals surface area contributed by atoms with Gasteiger partial charge in [-0.1, -0.05) is 24.3 Å². The Bertz CT molecular complexity index is 1810. The van der Waals surface area contributed by atoms with E-state index in [1.807, 2.05) is 24.3 Å². The van der Waals surface area contributed by atoms with Gasteiger partial charge in [-0.15, -0.1) is 0 Å². The van der Waals surface area contributed by atoms with E-state index in [1.54, 1.807) is 24.3 Å². The van der Waals surface area contributed by atoms with Gasteiger partial charge in [0.1, 0.15) is 0 Å². The Morgan fingerprint density at radius 1 is 0.615 bits per heavy atom. The fourth-order valence-electron chi connectivity index (χ4n) is 6.14. The molecule has 0 bridgehead atoms. The molecule has 0 fully saturated rings. The maximum absolute atomic E-state index is 13.4. The quantitative estimate of drug-likeness (QED) is 0.145. The molecule has 39 heavy (non-hydrogen) atoms. The Hall–Kier alpha value is -4.01. The first-order chi connectivity index (χ1) is 18.8. The van der Waals surface area contributed by atoms with Gasteiger partial charge in [-0.25, -0.2) is 0 Å². The third-order valence-corrected chi connectivity index (χ3v) is 8.28. The Morgan fingerprint density at radius 3 is 1.31 bits per heavy atom. The van der Waals surface area contributed by atoms with Gasteiger partial charge in [0.25, 0.3) is 23.6 Å². The number of β-amino-alcohol motifs (C(OH)–C–C–N with tert-alkyl or cyclic N) is 1. The van der Waals surface area contributed by atoms with Crippen molar-refractivity contribution in [1.82, 2.24) is 9.80 Å². The topological polar surface area (TPSA) is 124 Å². The minimum atomic E-state index is -1.60. The van der Waals surface area contributed by atoms with E-state index in [2.05, 4.69) is 0 Å². The summed E-state index contributed by atoms with van der Waals surface area (Å²) < 4.78 is 5.22. The van der Waals surface area contributed by atoms with Crippen molar-refractivity contribution in [3.05, 3.63) is 70.8 Å². The van der Waals surface area contributed by atoms with Crippen molar-refractivity contribution in [1.29, 1.82) is 0 Å². The molecule has 0 radical (unpaired) electrons. The van der Waals surface area contributed by atoms with Crippen LogP contribution in [0.15, 0.2) is 48.5 Å². The lowest BCUT2D eigenvalue weighted by molar-refractivity contribution is 0.0570. The maximum atomic E-state index is 13.4. The van der Waals surface area contributed by atoms with Gasteiger partial charge in [-0.05, 0) is 56.6 Å². The standard InChI is InChI=1S/C29H21N2O7P/c1-39(37)38-13-11-31-28(35)20-8-4-16-14-2-6-18-24-19(27(34)30(10-12-32)26(18)33)7-3-15(22(14)24)17-5-9-21(29(31)36)25(20)23(16)17/h2-9,32,37H,10-13H2,1H3. The first-order valence-electron chi connectivity index (χ1n) is 12.4. The van der Waals surface area contributed by atoms with Gasteiger partial charge in [0.05, 0.1) is 26.3 Å². The third-order valence-electron chi connectivity index (χ3n) is 7.72. The van der Waals surface area contributed by atoms with Crippen LogP contribution in [0, 0.1) is 0 Å². The molecule has 194 valence electrons. The van der Waals surface area contributed by atoms with Crippen LogP contribution in [0.1, 0.15) is 41.4 Å². The molecule has 2 aliphatic heterocycles. The lowest BCUT2D eigenvalue weighted by Gasteiger charge is -2.30. The van der Waals surface area contributed by atoms with Crippen LogP contribution in [0.4, 0.5) is 0 Å². The minimum absolute atomic E-state index is 0.0262. The molecule has 5 aromatic rings. The predicted octanol–water partition coefficient (Wildman–Crippen LogP) is 3.87. The molecule has 5 aromatic carbocycles. The average molecular weight is 540 g/mol. The number of carbonyl (C=O) groups is 4. The number of aliphatic hydroxyl groups excluding tert-OH is 1. The highest BCUT2D eigenvalue weighted by Gasteiger charge is 2.36. The van der Waals surface area contributed by atoms with E-state index in [0.29, 0.717) is 33.0 Å². The molecule has 0 saturated heterocycles. The van der Waals surface area contributed by atoms with Gasteiger partial charge >= 0.3 is 0 Å². The Labute approximate surface area is 222 Å². The van der Waals surface area contributed by atoms with Crippen LogP contribution in [0.5, 0.6) is 0 Å². The van der Waals surface area contributed by atoms with Crippen LogP contribution >= 0.6 is 8.38 Å². The second-order valence-corrected chi connectivity index (χ2v) is 10.9. The monoisotopic (exact) mass is 540 g/mol. The molecule has 2 heterocycles. The van der Waals surface area contributed by atoms with Crippen LogP contribution in [0.2, 0.25) is 0 Å². The third kappa shape index (κ3) is 3.16. The Morgan fingerprint density at radius 2 is 0.974 bits per heavy atom. The molecular weight excluding hydrogens is 519 g/mol. The lowest BCUT2D eigenvalue weighted by Crippen LogP contribution is -2.42. The van der Waals surface area contributed by atoms with Crippen LogP contribution in [0.3, 0.4) is 0 Å². The van der Waals surface area contributed by atoms with E-state index in [0.717, 1.165) is 42.1 Å². The molecule has 1 unspecified atom stereocenters. The van der Waals surface area contributed by atoms with Gasteiger partial charge in [0, 0.05) is 39.7 Å². The highest BCUT2D eigenvalue weighted by molar-refractivity contribution is 7.45. The van der Waals surface area contributed by atoms with Crippen molar-refractivity contribution in [2.75, 3.05) is 33.0 Å². The summed E-state index contributed by atoms with van der Waals surface area (Å²) in [5, 5.41) is 15.4. The van der Waals surface area contributed by atoms with E-state index in [4.69, 9.17) is 4.52 Å². The summed E-state index contributed by atoms with van der Waals surface area (Å²) in [6.07, 6.45) is 0. The smallest absolute Gasteiger partial charge is 0.261 e. The molecule has 2 aliphatic rings. The Kier molecular flexibility index (Phi) is 5.24. The number of nitrogens with zero attached hydrogens (tertiary/aromatic N) is 2. The van der Waals surface area contributed by atoms with E-state index >= 15 is 0 Å². The highest BCUT2D eigenvalue weighted by atomic mass is 31.2. The molecular formula is C29H21N2O7P. The summed E-state index contributed by atoms with van der Waals surface area (Å²) in [4.78, 5) is 65.0. The van der Waals surface area contributed by atoms with Crippen LogP contribution in [-0.4, -0.2) is 76.4 Å². The second kappa shape index (κ2) is 8.49. The fraction of sp³-hybridized carbons (Fsp3) is 0.172. The summed E-state index contributed by atoms with van der Waals surface area (Å²) in [5.74, 6) is -1.74. The lowest BCUT2D eigenvalue weighted by atomic mass is 9.82. The molecule has 7 rings (SSSR count). The molecule has 9 nitrogen and oxygen atoms in total. The number of aliphatic hydroxyl groups is 1. The normalized spacial score (nSPS) is 16.1. The molecule has 2 N–H and O–H groups in total. The fourth-order valence-corrected chi connectivity index (χ4v) is 6.48. The highest BCUT2D eigenvalue weighted by Crippen LogP contribution is 2.46. The number of rotatable bonds is 6. The number of fused-ring (bicyclic) bond motifs is 2. The summed E-state index contributed by atoms with van der Waals surface area (Å²) >= 11 is 0. The molecule has 0 aliphatic carbocycles. The van der Waals surface area contributed by atoms with Crippen molar-refractivity contribution in [3.8, 4) is 0 Å². The van der Waals surface area contributed by atoms with Crippen molar-refractivity contribution in [2.24, 2.45) is 0 Å². The minimum Gasteiger partial charge on any atom is -0.395 e. The number of hydrogen-bond acceptors (Lipinski definition) is 7. The van der Waals surface area contributed by atoms with Crippen LogP contribution < -0.4 is 0 Å². The number of carbonyl (C=O) groups excluding carboxylic acids is 4. The molecule has 1 atom stereocenters. The summed E-state index contributed by atoms with van der Waals surface area (Å²) in [6.45, 7) is 1.18. The molecule has 4 amide bonds. The van der Waals surface area contributed by atoms with Gasteiger partial charge in [-0.2, -0.15) is 0 Å². The SMILES string of the molecule is CP(O)OCCN1C(=O)c2ccc3c4ccc5c6c(ccc(c7ccc(c2c37)C1=O)c64)C(=O)N(CCO)C5=O. The van der Waals surface area contributed by atoms with Gasteiger partial charge in [0.2, 0.25) is 0 Å². The van der Waals surface area contributed by atoms with Crippen molar-refractivity contribution in [2.45, 2.75) is 0 Å². The van der Waals surface area contributed by atoms with Gasteiger partial charge in [-0.3, -0.25) is 29.0 Å². The van der Waals surface area contributed by atoms with E-state index < -0.39 is 32.0 Å². The van der Waals surface area contributed by atoms with Crippen molar-refractivity contribution < 1.29 is 33.7 Å². The summed E-state index contributed by atoms with van der Waals surface area (Å²) in [5.41, 5.74) is 1.61. The van der Waals surface area contributed by atoms with Crippen LogP contribution in [0.25, 0.3) is 43.1 Å². The number of hydrogen-bond donors (Lipinski definition) is 2. The number of benzene rings is 5. The summed E-state index contributed by atoms with van der Waals surface area (Å²) in [6, 6.07) is 14.2. The largest absolute Gasteiger partial charge is 0.395 e. The summed E-state index contributed by atoms with van der Waals surface area (Å²) in [7, 11) is -1.60. The van der Waals surface area contributed by atoms with E-state index in [-0.39, 0.29) is 26.3 Å². The molecule has 0 saturated carbocycles. The average Bonchev–Trinajstić information content (AvgIpc) is 2.93. The van der Waals surface area contributed by atoms with Crippen molar-refractivity contribution in [3.63, 3.8) is 0 Å². The van der Waals surface area contributed by atoms with Gasteiger partial charge < -0.3 is 14.5 Å². The maximum Gasteiger partial charge on any atom is 0.261 e. The first-order valence-corrected chi connectivity index (χ1v) is 14.1. The Balaban J connectivity index is 1.50. The van der Waals surface area contributed by atoms with Crippen molar-refractivity contribution >= 4 is 75.1 Å². The molecule has 0 spiro atoms. The van der Waals surface area contributed by atoms with Gasteiger partial charge in [0.15, 0.2) is 8.38 Å². The number of imide groups is 2. The zero-order chi connectivity index (χ0) is 27.2. The van der Waals surface area contributed by atoms with Crippen LogP contribution in [-0.2, 0) is 4.52 Å². The second-order valence-electron chi connectivity index (χ2n) is 9.69. The van der Waals surface area contributed by atoms with E-state index in [9.17, 15) is 29.2 Å². The first kappa shape index (κ1) is 24.1. The zero-order valence-electron chi connectivity index (χ0n) is 20.7. The molecule has 10 heteroatoms. The predicted molar refractivity (Wildman–Crippen MR) is 146 cm³/mol. The number of amides is 4. The molecule has 0 aromatic heterocycles.